The lowest BCUT2D eigenvalue weighted by Gasteiger charge is -2.14. The number of anilines is 2. The minimum absolute atomic E-state index is 0.160. The zero-order valence-corrected chi connectivity index (χ0v) is 12.8. The number of rotatable bonds is 4. The minimum Gasteiger partial charge on any atom is -0.374 e. The van der Waals surface area contributed by atoms with E-state index in [0.29, 0.717) is 11.6 Å². The van der Waals surface area contributed by atoms with Gasteiger partial charge in [0.05, 0.1) is 0 Å². The molecule has 1 unspecified atom stereocenters. The minimum atomic E-state index is -0.364. The number of hydrogen-bond donors (Lipinski definition) is 2. The number of aryl methyl sites for hydroxylation is 1. The number of carbonyl (C=O) groups excluding carboxylic acids is 1. The molecular weight excluding hydrogens is 357 g/mol. The molecule has 19 heavy (non-hydrogen) atoms. The molecule has 0 spiro atoms. The van der Waals surface area contributed by atoms with E-state index in [2.05, 4.69) is 38.4 Å². The molecule has 6 heteroatoms. The maximum Gasteiger partial charge on any atom is 0.247 e. The van der Waals surface area contributed by atoms with E-state index in [1.807, 2.05) is 24.3 Å². The third-order valence-electron chi connectivity index (χ3n) is 2.50. The Bertz CT molecular complexity index is 566. The predicted molar refractivity (Wildman–Crippen MR) is 82.1 cm³/mol. The third-order valence-corrected chi connectivity index (χ3v) is 3.22. The summed E-state index contributed by atoms with van der Waals surface area (Å²) in [7, 11) is 0. The number of halogens is 1. The molecular formula is C13H14IN3O2. The Morgan fingerprint density at radius 1 is 1.37 bits per heavy atom. The Hall–Kier alpha value is -1.57. The molecule has 1 amide bonds. The molecule has 1 atom stereocenters. The summed E-state index contributed by atoms with van der Waals surface area (Å²) >= 11 is 2.24. The first kappa shape index (κ1) is 13.9. The predicted octanol–water partition coefficient (Wildman–Crippen LogP) is 3.03. The van der Waals surface area contributed by atoms with Crippen LogP contribution in [-0.2, 0) is 4.79 Å². The first-order chi connectivity index (χ1) is 9.04. The van der Waals surface area contributed by atoms with Gasteiger partial charge >= 0.3 is 0 Å². The lowest BCUT2D eigenvalue weighted by atomic mass is 10.2. The number of hydrogen-bond acceptors (Lipinski definition) is 4. The Morgan fingerprint density at radius 2 is 2.05 bits per heavy atom. The second-order valence-electron chi connectivity index (χ2n) is 4.18. The summed E-state index contributed by atoms with van der Waals surface area (Å²) in [6.07, 6.45) is 0. The van der Waals surface area contributed by atoms with Gasteiger partial charge in [-0.2, -0.15) is 0 Å². The number of nitrogens with one attached hydrogen (secondary N) is 2. The maximum atomic E-state index is 11.9. The van der Waals surface area contributed by atoms with Crippen molar-refractivity contribution in [1.82, 2.24) is 5.16 Å². The summed E-state index contributed by atoms with van der Waals surface area (Å²) in [5.74, 6) is 0.930. The van der Waals surface area contributed by atoms with Gasteiger partial charge in [-0.1, -0.05) is 5.16 Å². The molecule has 1 aromatic heterocycles. The van der Waals surface area contributed by atoms with Crippen molar-refractivity contribution in [1.29, 1.82) is 0 Å². The maximum absolute atomic E-state index is 11.9. The Balaban J connectivity index is 1.94. The molecule has 2 N–H and O–H groups in total. The number of benzene rings is 1. The van der Waals surface area contributed by atoms with Crippen LogP contribution in [0.3, 0.4) is 0 Å². The second kappa shape index (κ2) is 6.05. The van der Waals surface area contributed by atoms with Crippen molar-refractivity contribution in [3.8, 4) is 0 Å². The normalized spacial score (nSPS) is 11.9. The molecule has 0 aliphatic rings. The highest BCUT2D eigenvalue weighted by molar-refractivity contribution is 14.1. The summed E-state index contributed by atoms with van der Waals surface area (Å²) < 4.78 is 6.04. The fourth-order valence-corrected chi connectivity index (χ4v) is 1.88. The van der Waals surface area contributed by atoms with Crippen molar-refractivity contribution in [2.75, 3.05) is 10.6 Å². The largest absolute Gasteiger partial charge is 0.374 e. The lowest BCUT2D eigenvalue weighted by Crippen LogP contribution is -2.31. The molecule has 100 valence electrons. The van der Waals surface area contributed by atoms with Gasteiger partial charge in [0.15, 0.2) is 5.82 Å². The van der Waals surface area contributed by atoms with E-state index in [0.717, 1.165) is 9.26 Å². The van der Waals surface area contributed by atoms with Crippen molar-refractivity contribution < 1.29 is 9.32 Å². The standard InChI is InChI=1S/C13H14IN3O2/c1-8-7-12(17-19-8)16-13(18)9(2)15-11-5-3-10(14)4-6-11/h3-7,9,15H,1-2H3,(H,16,17,18). The average molecular weight is 371 g/mol. The molecule has 2 aromatic rings. The monoisotopic (exact) mass is 371 g/mol. The van der Waals surface area contributed by atoms with Crippen LogP contribution in [0, 0.1) is 10.5 Å². The quantitative estimate of drug-likeness (QED) is 0.811. The smallest absolute Gasteiger partial charge is 0.247 e. The topological polar surface area (TPSA) is 67.2 Å². The molecule has 5 nitrogen and oxygen atoms in total. The van der Waals surface area contributed by atoms with Gasteiger partial charge in [0.1, 0.15) is 11.8 Å². The van der Waals surface area contributed by atoms with Gasteiger partial charge in [0.25, 0.3) is 0 Å². The summed E-state index contributed by atoms with van der Waals surface area (Å²) in [6.45, 7) is 3.57. The molecule has 0 bridgehead atoms. The number of carbonyl (C=O) groups is 1. The zero-order valence-electron chi connectivity index (χ0n) is 10.6. The van der Waals surface area contributed by atoms with E-state index in [9.17, 15) is 4.79 Å². The zero-order chi connectivity index (χ0) is 13.8. The Labute approximate surface area is 124 Å². The van der Waals surface area contributed by atoms with Gasteiger partial charge in [-0.05, 0) is 60.7 Å². The van der Waals surface area contributed by atoms with Gasteiger partial charge < -0.3 is 15.2 Å². The van der Waals surface area contributed by atoms with Crippen LogP contribution in [0.4, 0.5) is 11.5 Å². The summed E-state index contributed by atoms with van der Waals surface area (Å²) in [5, 5.41) is 9.53. The average Bonchev–Trinajstić information content (AvgIpc) is 2.77. The summed E-state index contributed by atoms with van der Waals surface area (Å²) in [4.78, 5) is 11.9. The first-order valence-electron chi connectivity index (χ1n) is 5.81. The second-order valence-corrected chi connectivity index (χ2v) is 5.43. The van der Waals surface area contributed by atoms with Crippen LogP contribution < -0.4 is 10.6 Å². The van der Waals surface area contributed by atoms with Crippen LogP contribution in [0.15, 0.2) is 34.9 Å². The number of aromatic nitrogens is 1. The highest BCUT2D eigenvalue weighted by atomic mass is 127. The molecule has 0 saturated heterocycles. The van der Waals surface area contributed by atoms with Crippen molar-refractivity contribution >= 4 is 40.0 Å². The van der Waals surface area contributed by atoms with E-state index in [1.54, 1.807) is 19.9 Å². The fraction of sp³-hybridized carbons (Fsp3) is 0.231. The van der Waals surface area contributed by atoms with Crippen LogP contribution in [0.25, 0.3) is 0 Å². The van der Waals surface area contributed by atoms with E-state index < -0.39 is 0 Å². The van der Waals surface area contributed by atoms with Crippen LogP contribution in [-0.4, -0.2) is 17.1 Å². The third kappa shape index (κ3) is 3.95. The van der Waals surface area contributed by atoms with Crippen LogP contribution in [0.5, 0.6) is 0 Å². The summed E-state index contributed by atoms with van der Waals surface area (Å²) in [5.41, 5.74) is 0.902. The lowest BCUT2D eigenvalue weighted by molar-refractivity contribution is -0.116. The highest BCUT2D eigenvalue weighted by Gasteiger charge is 2.14. The molecule has 1 aromatic carbocycles. The van der Waals surface area contributed by atoms with Gasteiger partial charge in [-0.3, -0.25) is 4.79 Å². The molecule has 1 heterocycles. The molecule has 0 aliphatic heterocycles. The van der Waals surface area contributed by atoms with Gasteiger partial charge in [-0.15, -0.1) is 0 Å². The SMILES string of the molecule is Cc1cc(NC(=O)C(C)Nc2ccc(I)cc2)no1. The summed E-state index contributed by atoms with van der Waals surface area (Å²) in [6, 6.07) is 9.15. The van der Waals surface area contributed by atoms with Crippen LogP contribution in [0.2, 0.25) is 0 Å². The van der Waals surface area contributed by atoms with E-state index in [-0.39, 0.29) is 11.9 Å². The fourth-order valence-electron chi connectivity index (χ4n) is 1.52. The molecule has 0 radical (unpaired) electrons. The van der Waals surface area contributed by atoms with E-state index >= 15 is 0 Å². The number of amides is 1. The molecule has 0 fully saturated rings. The van der Waals surface area contributed by atoms with Gasteiger partial charge in [0.2, 0.25) is 5.91 Å². The van der Waals surface area contributed by atoms with E-state index in [4.69, 9.17) is 4.52 Å². The first-order valence-corrected chi connectivity index (χ1v) is 6.89. The van der Waals surface area contributed by atoms with Crippen molar-refractivity contribution in [2.45, 2.75) is 19.9 Å². The van der Waals surface area contributed by atoms with Crippen molar-refractivity contribution in [3.63, 3.8) is 0 Å². The van der Waals surface area contributed by atoms with E-state index in [1.165, 1.54) is 0 Å². The molecule has 0 aliphatic carbocycles. The van der Waals surface area contributed by atoms with Crippen molar-refractivity contribution in [2.24, 2.45) is 0 Å². The molecule has 2 rings (SSSR count). The van der Waals surface area contributed by atoms with Gasteiger partial charge in [-0.25, -0.2) is 0 Å². The Morgan fingerprint density at radius 3 is 2.63 bits per heavy atom. The van der Waals surface area contributed by atoms with Crippen molar-refractivity contribution in [3.05, 3.63) is 39.7 Å². The van der Waals surface area contributed by atoms with Gasteiger partial charge in [0, 0.05) is 15.3 Å². The molecule has 0 saturated carbocycles. The van der Waals surface area contributed by atoms with Crippen LogP contribution in [0.1, 0.15) is 12.7 Å². The Kier molecular flexibility index (Phi) is 4.41. The highest BCUT2D eigenvalue weighted by Crippen LogP contribution is 2.13. The van der Waals surface area contributed by atoms with Crippen LogP contribution >= 0.6 is 22.6 Å². The number of nitrogens with zero attached hydrogens (tertiary/aromatic N) is 1.